The van der Waals surface area contributed by atoms with Crippen molar-refractivity contribution < 1.29 is 14.7 Å². The molecule has 1 aromatic rings. The average Bonchev–Trinajstić information content (AvgIpc) is 2.30. The first-order valence-electron chi connectivity index (χ1n) is 5.64. The number of hydrogen-bond acceptors (Lipinski definition) is 4. The Kier molecular flexibility index (Phi) is 3.22. The number of ether oxygens (including phenoxy) is 2. The van der Waals surface area contributed by atoms with Crippen molar-refractivity contribution >= 4 is 5.71 Å². The molecule has 0 heterocycles. The Hall–Kier alpha value is -1.71. The van der Waals surface area contributed by atoms with Crippen LogP contribution in [0.25, 0.3) is 0 Å². The van der Waals surface area contributed by atoms with E-state index in [1.165, 1.54) is 0 Å². The maximum absolute atomic E-state index is 8.88. The Labute approximate surface area is 101 Å². The van der Waals surface area contributed by atoms with Crippen LogP contribution in [0.3, 0.4) is 0 Å². The van der Waals surface area contributed by atoms with Crippen LogP contribution in [0.15, 0.2) is 17.3 Å². The van der Waals surface area contributed by atoms with Crippen LogP contribution in [0.1, 0.15) is 29.9 Å². The topological polar surface area (TPSA) is 51.0 Å². The van der Waals surface area contributed by atoms with Gasteiger partial charge in [-0.1, -0.05) is 5.16 Å². The summed E-state index contributed by atoms with van der Waals surface area (Å²) in [6.45, 7) is 1.98. The summed E-state index contributed by atoms with van der Waals surface area (Å²) < 4.78 is 10.7. The number of rotatable bonds is 3. The zero-order valence-corrected chi connectivity index (χ0v) is 10.4. The summed E-state index contributed by atoms with van der Waals surface area (Å²) in [5.74, 6) is 1.82. The third-order valence-corrected chi connectivity index (χ3v) is 3.34. The Morgan fingerprint density at radius 2 is 1.94 bits per heavy atom. The number of benzene rings is 1. The third kappa shape index (κ3) is 1.95. The number of oxime groups is 1. The van der Waals surface area contributed by atoms with E-state index in [1.807, 2.05) is 19.1 Å². The lowest BCUT2D eigenvalue weighted by Gasteiger charge is -2.29. The van der Waals surface area contributed by atoms with Gasteiger partial charge in [0, 0.05) is 11.5 Å². The molecule has 1 N–H and O–H groups in total. The highest BCUT2D eigenvalue weighted by atomic mass is 16.5. The van der Waals surface area contributed by atoms with Crippen LogP contribution in [0, 0.1) is 6.92 Å². The van der Waals surface area contributed by atoms with Gasteiger partial charge in [-0.2, -0.15) is 0 Å². The monoisotopic (exact) mass is 235 g/mol. The van der Waals surface area contributed by atoms with Gasteiger partial charge in [0.1, 0.15) is 11.5 Å². The van der Waals surface area contributed by atoms with Crippen molar-refractivity contribution in [3.05, 3.63) is 23.3 Å². The number of methoxy groups -OCH3 is 2. The van der Waals surface area contributed by atoms with Crippen LogP contribution in [0.4, 0.5) is 0 Å². The van der Waals surface area contributed by atoms with Gasteiger partial charge in [0.05, 0.1) is 19.9 Å². The Balaban J connectivity index is 2.44. The molecule has 92 valence electrons. The Bertz CT molecular complexity index is 454. The molecular weight excluding hydrogens is 218 g/mol. The molecule has 2 rings (SSSR count). The van der Waals surface area contributed by atoms with E-state index >= 15 is 0 Å². The summed E-state index contributed by atoms with van der Waals surface area (Å²) in [7, 11) is 3.31. The molecule has 4 nitrogen and oxygen atoms in total. The van der Waals surface area contributed by atoms with Gasteiger partial charge in [-0.25, -0.2) is 0 Å². The molecule has 1 aliphatic carbocycles. The largest absolute Gasteiger partial charge is 0.496 e. The van der Waals surface area contributed by atoms with E-state index in [-0.39, 0.29) is 5.92 Å². The van der Waals surface area contributed by atoms with Gasteiger partial charge in [-0.15, -0.1) is 0 Å². The molecule has 0 bridgehead atoms. The molecule has 1 fully saturated rings. The highest BCUT2D eigenvalue weighted by Gasteiger charge is 2.31. The van der Waals surface area contributed by atoms with Gasteiger partial charge in [0.15, 0.2) is 0 Å². The SMILES string of the molecule is COc1cc(C2CC/C2=N\O)c(OC)cc1C. The van der Waals surface area contributed by atoms with Gasteiger partial charge < -0.3 is 14.7 Å². The molecule has 0 amide bonds. The highest BCUT2D eigenvalue weighted by Crippen LogP contribution is 2.41. The Morgan fingerprint density at radius 1 is 1.24 bits per heavy atom. The molecule has 1 aliphatic rings. The van der Waals surface area contributed by atoms with Gasteiger partial charge in [-0.3, -0.25) is 0 Å². The minimum atomic E-state index is 0.157. The maximum atomic E-state index is 8.88. The number of aryl methyl sites for hydroxylation is 1. The molecule has 0 saturated heterocycles. The fourth-order valence-corrected chi connectivity index (χ4v) is 2.22. The van der Waals surface area contributed by atoms with Gasteiger partial charge in [-0.05, 0) is 37.5 Å². The second-order valence-electron chi connectivity index (χ2n) is 4.25. The molecule has 0 radical (unpaired) electrons. The summed E-state index contributed by atoms with van der Waals surface area (Å²) >= 11 is 0. The molecule has 1 saturated carbocycles. The van der Waals surface area contributed by atoms with Crippen molar-refractivity contribution in [3.63, 3.8) is 0 Å². The quantitative estimate of drug-likeness (QED) is 0.647. The zero-order chi connectivity index (χ0) is 12.4. The van der Waals surface area contributed by atoms with Crippen LogP contribution in [0.5, 0.6) is 11.5 Å². The molecule has 4 heteroatoms. The number of nitrogens with zero attached hydrogens (tertiary/aromatic N) is 1. The standard InChI is InChI=1S/C13H17NO3/c1-8-6-13(17-3)10(7-12(8)16-2)9-4-5-11(9)14-15/h6-7,9,15H,4-5H2,1-3H3/b14-11+. The molecule has 0 aliphatic heterocycles. The molecular formula is C13H17NO3. The molecule has 1 atom stereocenters. The smallest absolute Gasteiger partial charge is 0.123 e. The van der Waals surface area contributed by atoms with Gasteiger partial charge >= 0.3 is 0 Å². The normalized spacial score (nSPS) is 21.1. The average molecular weight is 235 g/mol. The lowest BCUT2D eigenvalue weighted by molar-refractivity contribution is 0.310. The van der Waals surface area contributed by atoms with E-state index in [4.69, 9.17) is 14.7 Å². The van der Waals surface area contributed by atoms with E-state index in [1.54, 1.807) is 14.2 Å². The van der Waals surface area contributed by atoms with E-state index < -0.39 is 0 Å². The van der Waals surface area contributed by atoms with E-state index in [9.17, 15) is 0 Å². The minimum absolute atomic E-state index is 0.157. The third-order valence-electron chi connectivity index (χ3n) is 3.34. The summed E-state index contributed by atoms with van der Waals surface area (Å²) in [4.78, 5) is 0. The Morgan fingerprint density at radius 3 is 2.41 bits per heavy atom. The molecule has 1 aromatic carbocycles. The van der Waals surface area contributed by atoms with Crippen molar-refractivity contribution in [3.8, 4) is 11.5 Å². The molecule has 0 spiro atoms. The summed E-state index contributed by atoms with van der Waals surface area (Å²) in [6, 6.07) is 3.94. The fraction of sp³-hybridized carbons (Fsp3) is 0.462. The summed E-state index contributed by atoms with van der Waals surface area (Å²) in [6.07, 6.45) is 1.84. The van der Waals surface area contributed by atoms with Crippen LogP contribution in [-0.2, 0) is 0 Å². The van der Waals surface area contributed by atoms with E-state index in [0.717, 1.165) is 41.2 Å². The predicted molar refractivity (Wildman–Crippen MR) is 65.5 cm³/mol. The van der Waals surface area contributed by atoms with Crippen molar-refractivity contribution in [1.29, 1.82) is 0 Å². The highest BCUT2D eigenvalue weighted by molar-refractivity contribution is 5.96. The van der Waals surface area contributed by atoms with E-state index in [0.29, 0.717) is 0 Å². The lowest BCUT2D eigenvalue weighted by atomic mass is 9.77. The van der Waals surface area contributed by atoms with Crippen molar-refractivity contribution in [2.75, 3.05) is 14.2 Å². The second kappa shape index (κ2) is 4.65. The fourth-order valence-electron chi connectivity index (χ4n) is 2.22. The molecule has 0 aromatic heterocycles. The van der Waals surface area contributed by atoms with Crippen molar-refractivity contribution in [2.24, 2.45) is 5.16 Å². The lowest BCUT2D eigenvalue weighted by Crippen LogP contribution is -2.24. The van der Waals surface area contributed by atoms with Crippen LogP contribution in [0.2, 0.25) is 0 Å². The van der Waals surface area contributed by atoms with Gasteiger partial charge in [0.2, 0.25) is 0 Å². The van der Waals surface area contributed by atoms with Gasteiger partial charge in [0.25, 0.3) is 0 Å². The van der Waals surface area contributed by atoms with Crippen LogP contribution >= 0.6 is 0 Å². The molecule has 1 unspecified atom stereocenters. The molecule has 17 heavy (non-hydrogen) atoms. The number of hydrogen-bond donors (Lipinski definition) is 1. The van der Waals surface area contributed by atoms with E-state index in [2.05, 4.69) is 5.16 Å². The first-order chi connectivity index (χ1) is 8.21. The van der Waals surface area contributed by atoms with Crippen LogP contribution < -0.4 is 9.47 Å². The minimum Gasteiger partial charge on any atom is -0.496 e. The summed E-state index contributed by atoms with van der Waals surface area (Å²) in [5, 5.41) is 12.2. The first-order valence-corrected chi connectivity index (χ1v) is 5.64. The van der Waals surface area contributed by atoms with Crippen LogP contribution in [-0.4, -0.2) is 25.1 Å². The maximum Gasteiger partial charge on any atom is 0.123 e. The first kappa shape index (κ1) is 11.8. The zero-order valence-electron chi connectivity index (χ0n) is 10.4. The van der Waals surface area contributed by atoms with Crippen molar-refractivity contribution in [1.82, 2.24) is 0 Å². The van der Waals surface area contributed by atoms with Crippen molar-refractivity contribution in [2.45, 2.75) is 25.7 Å². The predicted octanol–water partition coefficient (Wildman–Crippen LogP) is 2.72. The summed E-state index contributed by atoms with van der Waals surface area (Å²) in [5.41, 5.74) is 2.89. The second-order valence-corrected chi connectivity index (χ2v) is 4.25.